The summed E-state index contributed by atoms with van der Waals surface area (Å²) in [4.78, 5) is 12.0. The van der Waals surface area contributed by atoms with Crippen LogP contribution in [-0.4, -0.2) is 50.5 Å². The lowest BCUT2D eigenvalue weighted by Crippen LogP contribution is -2.46. The first-order valence-corrected chi connectivity index (χ1v) is 9.62. The number of rotatable bonds is 5. The van der Waals surface area contributed by atoms with E-state index in [0.717, 1.165) is 0 Å². The molecule has 1 aliphatic rings. The fraction of sp³-hybridized carbons (Fsp3) is 0.294. The monoisotopic (exact) mass is 376 g/mol. The first-order chi connectivity index (χ1) is 12.5. The molecule has 1 amide bonds. The number of benzene rings is 1. The molecule has 0 saturated carbocycles. The van der Waals surface area contributed by atoms with E-state index in [0.29, 0.717) is 37.5 Å². The molecule has 138 valence electrons. The summed E-state index contributed by atoms with van der Waals surface area (Å²) in [6.07, 6.45) is 1.41. The Morgan fingerprint density at radius 1 is 1.19 bits per heavy atom. The molecule has 0 radical (unpaired) electrons. The van der Waals surface area contributed by atoms with Crippen molar-refractivity contribution >= 4 is 21.6 Å². The molecule has 1 aliphatic heterocycles. The van der Waals surface area contributed by atoms with Crippen LogP contribution in [0.25, 0.3) is 0 Å². The van der Waals surface area contributed by atoms with Crippen LogP contribution in [0, 0.1) is 0 Å². The van der Waals surface area contributed by atoms with E-state index in [1.54, 1.807) is 37.3 Å². The van der Waals surface area contributed by atoms with Gasteiger partial charge in [-0.15, -0.1) is 0 Å². The molecule has 26 heavy (non-hydrogen) atoms. The Hall–Kier alpha value is -2.49. The van der Waals surface area contributed by atoms with Gasteiger partial charge in [-0.25, -0.2) is 13.8 Å². The lowest BCUT2D eigenvalue weighted by molar-refractivity contribution is 0.0927. The Morgan fingerprint density at radius 2 is 1.88 bits per heavy atom. The van der Waals surface area contributed by atoms with E-state index in [9.17, 15) is 13.2 Å². The highest BCUT2D eigenvalue weighted by Gasteiger charge is 2.25. The average molecular weight is 376 g/mol. The molecule has 0 spiro atoms. The second kappa shape index (κ2) is 7.81. The predicted octanol–water partition coefficient (Wildman–Crippen LogP) is 1.03. The van der Waals surface area contributed by atoms with Crippen LogP contribution in [-0.2, 0) is 10.0 Å². The summed E-state index contributed by atoms with van der Waals surface area (Å²) in [6, 6.07) is 9.61. The van der Waals surface area contributed by atoms with E-state index < -0.39 is 15.9 Å². The summed E-state index contributed by atoms with van der Waals surface area (Å²) in [5.41, 5.74) is 3.67. The van der Waals surface area contributed by atoms with Crippen LogP contribution >= 0.6 is 0 Å². The van der Waals surface area contributed by atoms with Crippen LogP contribution in [0.2, 0.25) is 0 Å². The zero-order chi connectivity index (χ0) is 18.6. The van der Waals surface area contributed by atoms with Gasteiger partial charge >= 0.3 is 5.91 Å². The Kier molecular flexibility index (Phi) is 5.50. The fourth-order valence-electron chi connectivity index (χ4n) is 2.56. The van der Waals surface area contributed by atoms with E-state index in [-0.39, 0.29) is 10.7 Å². The summed E-state index contributed by atoms with van der Waals surface area (Å²) in [5, 5.41) is 7.15. The van der Waals surface area contributed by atoms with Crippen molar-refractivity contribution in [3.63, 3.8) is 0 Å². The molecule has 1 saturated heterocycles. The highest BCUT2D eigenvalue weighted by molar-refractivity contribution is 7.89. The Morgan fingerprint density at radius 3 is 2.50 bits per heavy atom. The topological polar surface area (TPSA) is 104 Å². The molecular formula is C17H20N4O4S. The van der Waals surface area contributed by atoms with Crippen molar-refractivity contribution in [2.45, 2.75) is 11.8 Å². The van der Waals surface area contributed by atoms with Crippen LogP contribution in [0.3, 0.4) is 0 Å². The summed E-state index contributed by atoms with van der Waals surface area (Å²) in [6.45, 7) is 3.95. The molecule has 0 bridgehead atoms. The normalized spacial score (nSPS) is 16.4. The first-order valence-electron chi connectivity index (χ1n) is 8.18. The molecule has 0 atom stereocenters. The van der Waals surface area contributed by atoms with Gasteiger partial charge in [-0.2, -0.15) is 9.41 Å². The minimum atomic E-state index is -3.49. The SMILES string of the molecule is C/C(=N/NC(=O)c1ccco1)c1ccc(S(=O)(=O)N2CCNCC2)cc1. The molecule has 1 aromatic carbocycles. The molecule has 2 N–H and O–H groups in total. The van der Waals surface area contributed by atoms with Gasteiger partial charge in [-0.3, -0.25) is 4.79 Å². The van der Waals surface area contributed by atoms with Gasteiger partial charge in [0.25, 0.3) is 0 Å². The van der Waals surface area contributed by atoms with Crippen molar-refractivity contribution in [2.24, 2.45) is 5.10 Å². The maximum absolute atomic E-state index is 12.6. The third kappa shape index (κ3) is 4.01. The number of carbonyl (C=O) groups is 1. The molecule has 9 heteroatoms. The van der Waals surface area contributed by atoms with Crippen molar-refractivity contribution in [3.05, 3.63) is 54.0 Å². The summed E-state index contributed by atoms with van der Waals surface area (Å²) >= 11 is 0. The lowest BCUT2D eigenvalue weighted by atomic mass is 10.1. The third-order valence-corrected chi connectivity index (χ3v) is 5.97. The van der Waals surface area contributed by atoms with Crippen molar-refractivity contribution in [3.8, 4) is 0 Å². The zero-order valence-corrected chi connectivity index (χ0v) is 15.1. The molecule has 1 fully saturated rings. The van der Waals surface area contributed by atoms with E-state index in [4.69, 9.17) is 4.42 Å². The number of nitrogens with one attached hydrogen (secondary N) is 2. The zero-order valence-electron chi connectivity index (χ0n) is 14.3. The number of hydrogen-bond acceptors (Lipinski definition) is 6. The smallest absolute Gasteiger partial charge is 0.307 e. The Bertz CT molecular complexity index is 883. The minimum absolute atomic E-state index is 0.166. The average Bonchev–Trinajstić information content (AvgIpc) is 3.21. The molecule has 0 aliphatic carbocycles. The minimum Gasteiger partial charge on any atom is -0.459 e. The van der Waals surface area contributed by atoms with Gasteiger partial charge in [-0.05, 0) is 36.8 Å². The number of amides is 1. The predicted molar refractivity (Wildman–Crippen MR) is 96.5 cm³/mol. The quantitative estimate of drug-likeness (QED) is 0.599. The molecule has 0 unspecified atom stereocenters. The number of furan rings is 1. The number of carbonyl (C=O) groups excluding carboxylic acids is 1. The van der Waals surface area contributed by atoms with Crippen LogP contribution in [0.4, 0.5) is 0 Å². The maximum atomic E-state index is 12.6. The van der Waals surface area contributed by atoms with Gasteiger partial charge < -0.3 is 9.73 Å². The Balaban J connectivity index is 1.70. The van der Waals surface area contributed by atoms with Crippen LogP contribution in [0.1, 0.15) is 23.0 Å². The summed E-state index contributed by atoms with van der Waals surface area (Å²) < 4.78 is 31.7. The van der Waals surface area contributed by atoms with Gasteiger partial charge in [0.1, 0.15) is 0 Å². The van der Waals surface area contributed by atoms with E-state index in [1.807, 2.05) is 0 Å². The highest BCUT2D eigenvalue weighted by Crippen LogP contribution is 2.17. The molecule has 2 heterocycles. The van der Waals surface area contributed by atoms with Crippen LogP contribution in [0.5, 0.6) is 0 Å². The largest absolute Gasteiger partial charge is 0.459 e. The number of sulfonamides is 1. The van der Waals surface area contributed by atoms with Crippen molar-refractivity contribution in [2.75, 3.05) is 26.2 Å². The van der Waals surface area contributed by atoms with Gasteiger partial charge in [0.2, 0.25) is 10.0 Å². The van der Waals surface area contributed by atoms with E-state index in [1.165, 1.54) is 16.6 Å². The van der Waals surface area contributed by atoms with E-state index in [2.05, 4.69) is 15.8 Å². The second-order valence-corrected chi connectivity index (χ2v) is 7.73. The maximum Gasteiger partial charge on any atom is 0.307 e. The van der Waals surface area contributed by atoms with Gasteiger partial charge in [0.15, 0.2) is 5.76 Å². The van der Waals surface area contributed by atoms with Gasteiger partial charge in [0, 0.05) is 26.2 Å². The molecule has 3 rings (SSSR count). The lowest BCUT2D eigenvalue weighted by Gasteiger charge is -2.26. The first kappa shape index (κ1) is 18.3. The van der Waals surface area contributed by atoms with E-state index >= 15 is 0 Å². The molecule has 8 nitrogen and oxygen atoms in total. The number of hydrogen-bond donors (Lipinski definition) is 2. The second-order valence-electron chi connectivity index (χ2n) is 5.79. The molecular weight excluding hydrogens is 356 g/mol. The number of nitrogens with zero attached hydrogens (tertiary/aromatic N) is 2. The van der Waals surface area contributed by atoms with Gasteiger partial charge in [-0.1, -0.05) is 12.1 Å². The Labute approximate surface area is 151 Å². The van der Waals surface area contributed by atoms with Crippen molar-refractivity contribution in [1.82, 2.24) is 15.0 Å². The van der Waals surface area contributed by atoms with Crippen molar-refractivity contribution in [1.29, 1.82) is 0 Å². The fourth-order valence-corrected chi connectivity index (χ4v) is 4.01. The van der Waals surface area contributed by atoms with Crippen LogP contribution < -0.4 is 10.7 Å². The van der Waals surface area contributed by atoms with Crippen LogP contribution in [0.15, 0.2) is 57.1 Å². The standard InChI is InChI=1S/C17H20N4O4S/c1-13(19-20-17(22)16-3-2-12-25-16)14-4-6-15(7-5-14)26(23,24)21-10-8-18-9-11-21/h2-7,12,18H,8-11H2,1H3,(H,20,22)/b19-13-. The summed E-state index contributed by atoms with van der Waals surface area (Å²) in [5.74, 6) is -0.286. The number of hydrazone groups is 1. The van der Waals surface area contributed by atoms with Crippen molar-refractivity contribution < 1.29 is 17.6 Å². The van der Waals surface area contributed by atoms with Gasteiger partial charge in [0.05, 0.1) is 16.9 Å². The number of piperazine rings is 1. The third-order valence-electron chi connectivity index (χ3n) is 4.06. The highest BCUT2D eigenvalue weighted by atomic mass is 32.2. The molecule has 2 aromatic rings. The molecule has 1 aromatic heterocycles. The summed E-state index contributed by atoms with van der Waals surface area (Å²) in [7, 11) is -3.49.